The van der Waals surface area contributed by atoms with Crippen LogP contribution in [0.4, 0.5) is 0 Å². The lowest BCUT2D eigenvalue weighted by Gasteiger charge is -2.17. The maximum Gasteiger partial charge on any atom is 0.164 e. The molecule has 0 fully saturated rings. The van der Waals surface area contributed by atoms with Crippen molar-refractivity contribution in [2.75, 3.05) is 0 Å². The fourth-order valence-electron chi connectivity index (χ4n) is 8.32. The third-order valence-electron chi connectivity index (χ3n) is 11.0. The van der Waals surface area contributed by atoms with E-state index in [2.05, 4.69) is 152 Å². The molecule has 10 aromatic rings. The van der Waals surface area contributed by atoms with Crippen LogP contribution in [0.2, 0.25) is 0 Å². The van der Waals surface area contributed by atoms with Crippen LogP contribution in [0.15, 0.2) is 174 Å². The molecular formula is C51H33N3O. The minimum absolute atomic E-state index is 0.623. The Hall–Kier alpha value is -7.17. The SMILES string of the molecule is C1=Cc2ccc3cc(-c4cc(-c5nc(-c6ccccc6)nc(-c6ccc(-c7ccccc7)cc6)n5)cc5ccccc45)c4c5ccccc5oc4c3c2CC1. The van der Waals surface area contributed by atoms with Crippen LogP contribution in [0.25, 0.3) is 106 Å². The molecule has 0 aliphatic heterocycles. The lowest BCUT2D eigenvalue weighted by atomic mass is 9.87. The highest BCUT2D eigenvalue weighted by atomic mass is 16.3. The summed E-state index contributed by atoms with van der Waals surface area (Å²) in [4.78, 5) is 15.4. The van der Waals surface area contributed by atoms with Gasteiger partial charge in [0.1, 0.15) is 11.2 Å². The number of hydrogen-bond donors (Lipinski definition) is 0. The summed E-state index contributed by atoms with van der Waals surface area (Å²) in [5, 5.41) is 6.91. The number of fused-ring (bicyclic) bond motifs is 8. The van der Waals surface area contributed by atoms with E-state index in [1.54, 1.807) is 0 Å². The van der Waals surface area contributed by atoms with Crippen molar-refractivity contribution in [2.24, 2.45) is 0 Å². The molecule has 8 aromatic carbocycles. The highest BCUT2D eigenvalue weighted by Gasteiger charge is 2.22. The van der Waals surface area contributed by atoms with Crippen molar-refractivity contribution in [2.45, 2.75) is 12.8 Å². The minimum atomic E-state index is 0.623. The number of hydrogen-bond acceptors (Lipinski definition) is 4. The Morgan fingerprint density at radius 2 is 1.05 bits per heavy atom. The van der Waals surface area contributed by atoms with Crippen LogP contribution >= 0.6 is 0 Å². The van der Waals surface area contributed by atoms with Crippen LogP contribution in [0.1, 0.15) is 17.5 Å². The molecule has 0 unspecified atom stereocenters. The Balaban J connectivity index is 1.16. The van der Waals surface area contributed by atoms with E-state index >= 15 is 0 Å². The van der Waals surface area contributed by atoms with E-state index in [1.165, 1.54) is 27.5 Å². The smallest absolute Gasteiger partial charge is 0.164 e. The van der Waals surface area contributed by atoms with Gasteiger partial charge >= 0.3 is 0 Å². The van der Waals surface area contributed by atoms with Gasteiger partial charge in [-0.15, -0.1) is 0 Å². The summed E-state index contributed by atoms with van der Waals surface area (Å²) >= 11 is 0. The van der Waals surface area contributed by atoms with Gasteiger partial charge < -0.3 is 4.42 Å². The van der Waals surface area contributed by atoms with Gasteiger partial charge in [0.2, 0.25) is 0 Å². The quantitative estimate of drug-likeness (QED) is 0.179. The molecular weight excluding hydrogens is 671 g/mol. The first-order valence-electron chi connectivity index (χ1n) is 18.8. The predicted molar refractivity (Wildman–Crippen MR) is 227 cm³/mol. The maximum atomic E-state index is 6.83. The summed E-state index contributed by atoms with van der Waals surface area (Å²) in [5.74, 6) is 1.89. The Labute approximate surface area is 318 Å². The van der Waals surface area contributed by atoms with Crippen LogP contribution in [-0.2, 0) is 6.42 Å². The summed E-state index contributed by atoms with van der Waals surface area (Å²) < 4.78 is 6.83. The molecule has 1 aliphatic carbocycles. The molecule has 0 spiro atoms. The van der Waals surface area contributed by atoms with E-state index in [1.807, 2.05) is 24.3 Å². The molecule has 55 heavy (non-hydrogen) atoms. The molecule has 2 aromatic heterocycles. The molecule has 0 atom stereocenters. The zero-order chi connectivity index (χ0) is 36.3. The van der Waals surface area contributed by atoms with Crippen LogP contribution < -0.4 is 0 Å². The average Bonchev–Trinajstić information content (AvgIpc) is 3.66. The van der Waals surface area contributed by atoms with Gasteiger partial charge in [-0.3, -0.25) is 0 Å². The van der Waals surface area contributed by atoms with Crippen molar-refractivity contribution in [1.82, 2.24) is 15.0 Å². The van der Waals surface area contributed by atoms with Gasteiger partial charge in [-0.05, 0) is 86.6 Å². The molecule has 0 N–H and O–H groups in total. The van der Waals surface area contributed by atoms with Gasteiger partial charge in [-0.1, -0.05) is 152 Å². The average molecular weight is 704 g/mol. The number of allylic oxidation sites excluding steroid dienone is 1. The zero-order valence-corrected chi connectivity index (χ0v) is 29.9. The van der Waals surface area contributed by atoms with Crippen molar-refractivity contribution < 1.29 is 4.42 Å². The third kappa shape index (κ3) is 5.33. The number of aromatic nitrogens is 3. The Bertz CT molecular complexity index is 3130. The van der Waals surface area contributed by atoms with Crippen LogP contribution in [0.3, 0.4) is 0 Å². The van der Waals surface area contributed by atoms with Crippen molar-refractivity contribution in [3.8, 4) is 56.4 Å². The molecule has 11 rings (SSSR count). The van der Waals surface area contributed by atoms with Gasteiger partial charge in [-0.25, -0.2) is 15.0 Å². The summed E-state index contributed by atoms with van der Waals surface area (Å²) in [6, 6.07) is 57.4. The molecule has 4 heteroatoms. The molecule has 258 valence electrons. The lowest BCUT2D eigenvalue weighted by Crippen LogP contribution is -2.00. The van der Waals surface area contributed by atoms with Crippen LogP contribution in [0, 0.1) is 0 Å². The van der Waals surface area contributed by atoms with E-state index in [0.717, 1.165) is 78.9 Å². The third-order valence-corrected chi connectivity index (χ3v) is 11.0. The molecule has 0 saturated heterocycles. The minimum Gasteiger partial charge on any atom is -0.455 e. The van der Waals surface area contributed by atoms with E-state index in [0.29, 0.717) is 17.5 Å². The Kier molecular flexibility index (Phi) is 7.27. The van der Waals surface area contributed by atoms with E-state index in [4.69, 9.17) is 19.4 Å². The van der Waals surface area contributed by atoms with Crippen LogP contribution in [0.5, 0.6) is 0 Å². The molecule has 4 nitrogen and oxygen atoms in total. The number of rotatable bonds is 5. The van der Waals surface area contributed by atoms with Gasteiger partial charge in [-0.2, -0.15) is 0 Å². The van der Waals surface area contributed by atoms with Gasteiger partial charge in [0.05, 0.1) is 0 Å². The molecule has 2 heterocycles. The predicted octanol–water partition coefficient (Wildman–Crippen LogP) is 13.4. The normalized spacial score (nSPS) is 12.5. The first-order valence-corrected chi connectivity index (χ1v) is 18.8. The molecule has 0 radical (unpaired) electrons. The second-order valence-corrected chi connectivity index (χ2v) is 14.3. The van der Waals surface area contributed by atoms with Crippen molar-refractivity contribution in [3.63, 3.8) is 0 Å². The molecule has 0 amide bonds. The zero-order valence-electron chi connectivity index (χ0n) is 29.9. The van der Waals surface area contributed by atoms with Crippen molar-refractivity contribution >= 4 is 49.6 Å². The second kappa shape index (κ2) is 12.8. The second-order valence-electron chi connectivity index (χ2n) is 14.3. The fourth-order valence-corrected chi connectivity index (χ4v) is 8.32. The molecule has 1 aliphatic rings. The largest absolute Gasteiger partial charge is 0.455 e. The maximum absolute atomic E-state index is 6.83. The van der Waals surface area contributed by atoms with Gasteiger partial charge in [0.15, 0.2) is 17.5 Å². The lowest BCUT2D eigenvalue weighted by molar-refractivity contribution is 0.672. The van der Waals surface area contributed by atoms with Crippen molar-refractivity contribution in [1.29, 1.82) is 0 Å². The fraction of sp³-hybridized carbons (Fsp3) is 0.0392. The standard InChI is InChI=1S/C51H33N3O/c1-3-13-32(14-4-1)33-23-26-36(27-24-33)50-52-49(35-16-5-2-6-17-35)53-51(54-50)39-29-37-18-8-9-19-40(37)43(31-39)44-30-38-28-25-34-15-7-10-20-41(34)46(38)48-47(44)42-21-11-12-22-45(42)55-48/h1-9,11-19,21-31H,10,20H2. The molecule has 0 saturated carbocycles. The number of aryl methyl sites for hydroxylation is 1. The van der Waals surface area contributed by atoms with Crippen molar-refractivity contribution in [3.05, 3.63) is 181 Å². The number of furan rings is 1. The van der Waals surface area contributed by atoms with Gasteiger partial charge in [0, 0.05) is 32.8 Å². The Morgan fingerprint density at radius 3 is 1.84 bits per heavy atom. The van der Waals surface area contributed by atoms with E-state index in [9.17, 15) is 0 Å². The highest BCUT2D eigenvalue weighted by molar-refractivity contribution is 6.24. The monoisotopic (exact) mass is 703 g/mol. The topological polar surface area (TPSA) is 51.8 Å². The summed E-state index contributed by atoms with van der Waals surface area (Å²) in [5.41, 5.74) is 11.8. The van der Waals surface area contributed by atoms with Crippen LogP contribution in [-0.4, -0.2) is 15.0 Å². The number of benzene rings is 8. The summed E-state index contributed by atoms with van der Waals surface area (Å²) in [6.45, 7) is 0. The number of para-hydroxylation sites is 1. The summed E-state index contributed by atoms with van der Waals surface area (Å²) in [6.07, 6.45) is 6.54. The van der Waals surface area contributed by atoms with E-state index in [-0.39, 0.29) is 0 Å². The number of nitrogens with zero attached hydrogens (tertiary/aromatic N) is 3. The summed E-state index contributed by atoms with van der Waals surface area (Å²) in [7, 11) is 0. The highest BCUT2D eigenvalue weighted by Crippen LogP contribution is 2.46. The Morgan fingerprint density at radius 1 is 0.436 bits per heavy atom. The first-order chi connectivity index (χ1) is 27.2. The first kappa shape index (κ1) is 31.4. The molecule has 0 bridgehead atoms. The van der Waals surface area contributed by atoms with E-state index < -0.39 is 0 Å². The van der Waals surface area contributed by atoms with Gasteiger partial charge in [0.25, 0.3) is 0 Å².